The van der Waals surface area contributed by atoms with Gasteiger partial charge in [0.15, 0.2) is 5.82 Å². The molecule has 1 aromatic heterocycles. The van der Waals surface area contributed by atoms with Gasteiger partial charge in [0, 0.05) is 13.0 Å². The van der Waals surface area contributed by atoms with Crippen molar-refractivity contribution in [3.8, 4) is 0 Å². The molecule has 15 heavy (non-hydrogen) atoms. The largest absolute Gasteiger partial charge is 0.338 e. The molecule has 0 spiro atoms. The molecule has 0 unspecified atom stereocenters. The summed E-state index contributed by atoms with van der Waals surface area (Å²) in [6.07, 6.45) is 1.95. The fraction of sp³-hybridized carbons (Fsp3) is 0.800. The minimum absolute atomic E-state index is 0.669. The topological polar surface area (TPSA) is 54.2 Å². The maximum atomic E-state index is 5.10. The Morgan fingerprint density at radius 1 is 1.40 bits per heavy atom. The highest BCUT2D eigenvalue weighted by Crippen LogP contribution is 1.98. The zero-order valence-electron chi connectivity index (χ0n) is 9.79. The van der Waals surface area contributed by atoms with Crippen molar-refractivity contribution in [2.45, 2.75) is 26.3 Å². The van der Waals surface area contributed by atoms with E-state index in [1.54, 1.807) is 0 Å². The Hall–Kier alpha value is -0.940. The van der Waals surface area contributed by atoms with Crippen LogP contribution in [-0.4, -0.2) is 42.2 Å². The maximum Gasteiger partial charge on any atom is 0.240 e. The van der Waals surface area contributed by atoms with Gasteiger partial charge >= 0.3 is 0 Å². The summed E-state index contributed by atoms with van der Waals surface area (Å²) < 4.78 is 5.10. The van der Waals surface area contributed by atoms with E-state index in [1.807, 2.05) is 14.1 Å². The van der Waals surface area contributed by atoms with Crippen molar-refractivity contribution in [3.05, 3.63) is 11.7 Å². The van der Waals surface area contributed by atoms with Crippen molar-refractivity contribution >= 4 is 0 Å². The molecule has 0 radical (unpaired) electrons. The van der Waals surface area contributed by atoms with E-state index in [9.17, 15) is 0 Å². The SMILES string of the molecule is CCCNCc1nc(CCN(C)C)no1. The van der Waals surface area contributed by atoms with Gasteiger partial charge in [0.1, 0.15) is 0 Å². The Morgan fingerprint density at radius 2 is 2.20 bits per heavy atom. The molecule has 0 saturated heterocycles. The van der Waals surface area contributed by atoms with Gasteiger partial charge in [-0.3, -0.25) is 0 Å². The van der Waals surface area contributed by atoms with E-state index in [0.717, 1.165) is 31.8 Å². The van der Waals surface area contributed by atoms with Crippen LogP contribution in [0.25, 0.3) is 0 Å². The summed E-state index contributed by atoms with van der Waals surface area (Å²) in [5.74, 6) is 1.47. The lowest BCUT2D eigenvalue weighted by molar-refractivity contribution is 0.358. The van der Waals surface area contributed by atoms with Gasteiger partial charge in [-0.1, -0.05) is 12.1 Å². The first-order chi connectivity index (χ1) is 7.22. The maximum absolute atomic E-state index is 5.10. The van der Waals surface area contributed by atoms with Crippen molar-refractivity contribution in [1.29, 1.82) is 0 Å². The Morgan fingerprint density at radius 3 is 2.87 bits per heavy atom. The van der Waals surface area contributed by atoms with Gasteiger partial charge < -0.3 is 14.7 Å². The zero-order valence-corrected chi connectivity index (χ0v) is 9.79. The average Bonchev–Trinajstić information content (AvgIpc) is 2.63. The molecule has 0 fully saturated rings. The molecule has 5 heteroatoms. The number of likely N-dealkylation sites (N-methyl/N-ethyl adjacent to an activating group) is 1. The number of rotatable bonds is 7. The van der Waals surface area contributed by atoms with Crippen LogP contribution in [0.1, 0.15) is 25.1 Å². The van der Waals surface area contributed by atoms with Crippen LogP contribution in [0, 0.1) is 0 Å². The van der Waals surface area contributed by atoms with E-state index < -0.39 is 0 Å². The van der Waals surface area contributed by atoms with Gasteiger partial charge in [0.25, 0.3) is 0 Å². The first-order valence-electron chi connectivity index (χ1n) is 5.39. The third-order valence-electron chi connectivity index (χ3n) is 2.00. The van der Waals surface area contributed by atoms with Gasteiger partial charge in [-0.25, -0.2) is 0 Å². The quantitative estimate of drug-likeness (QED) is 0.673. The van der Waals surface area contributed by atoms with Crippen LogP contribution >= 0.6 is 0 Å². The van der Waals surface area contributed by atoms with Crippen molar-refractivity contribution in [1.82, 2.24) is 20.4 Å². The predicted molar refractivity (Wildman–Crippen MR) is 58.6 cm³/mol. The summed E-state index contributed by atoms with van der Waals surface area (Å²) in [4.78, 5) is 6.39. The minimum Gasteiger partial charge on any atom is -0.338 e. The van der Waals surface area contributed by atoms with Crippen LogP contribution in [0.3, 0.4) is 0 Å². The van der Waals surface area contributed by atoms with E-state index in [-0.39, 0.29) is 0 Å². The van der Waals surface area contributed by atoms with Gasteiger partial charge in [-0.2, -0.15) is 4.98 Å². The van der Waals surface area contributed by atoms with Crippen LogP contribution in [0.2, 0.25) is 0 Å². The van der Waals surface area contributed by atoms with Crippen molar-refractivity contribution < 1.29 is 4.52 Å². The molecule has 5 nitrogen and oxygen atoms in total. The van der Waals surface area contributed by atoms with Crippen LogP contribution in [0.15, 0.2) is 4.52 Å². The first kappa shape index (κ1) is 12.1. The minimum atomic E-state index is 0.669. The molecule has 0 aliphatic heterocycles. The molecular formula is C10H20N4O. The van der Waals surface area contributed by atoms with Crippen LogP contribution in [0.5, 0.6) is 0 Å². The second-order valence-corrected chi connectivity index (χ2v) is 3.83. The second kappa shape index (κ2) is 6.53. The molecular weight excluding hydrogens is 192 g/mol. The standard InChI is InChI=1S/C10H20N4O/c1-4-6-11-8-10-12-9(13-15-10)5-7-14(2)3/h11H,4-8H2,1-3H3. The average molecular weight is 212 g/mol. The highest BCUT2D eigenvalue weighted by molar-refractivity contribution is 4.86. The molecule has 0 amide bonds. The summed E-state index contributed by atoms with van der Waals surface area (Å²) in [6, 6.07) is 0. The van der Waals surface area contributed by atoms with Crippen molar-refractivity contribution in [2.24, 2.45) is 0 Å². The molecule has 0 aliphatic rings. The van der Waals surface area contributed by atoms with Gasteiger partial charge in [0.2, 0.25) is 5.89 Å². The van der Waals surface area contributed by atoms with Gasteiger partial charge in [0.05, 0.1) is 6.54 Å². The van der Waals surface area contributed by atoms with Crippen LogP contribution in [0.4, 0.5) is 0 Å². The molecule has 0 atom stereocenters. The molecule has 0 aromatic carbocycles. The summed E-state index contributed by atoms with van der Waals surface area (Å²) in [5.41, 5.74) is 0. The summed E-state index contributed by atoms with van der Waals surface area (Å²) in [6.45, 7) is 4.73. The third-order valence-corrected chi connectivity index (χ3v) is 2.00. The first-order valence-corrected chi connectivity index (χ1v) is 5.39. The number of nitrogens with one attached hydrogen (secondary N) is 1. The Kier molecular flexibility index (Phi) is 5.28. The van der Waals surface area contributed by atoms with Crippen molar-refractivity contribution in [2.75, 3.05) is 27.2 Å². The Bertz CT molecular complexity index is 272. The number of nitrogens with zero attached hydrogens (tertiary/aromatic N) is 3. The molecule has 0 aliphatic carbocycles. The summed E-state index contributed by atoms with van der Waals surface area (Å²) in [7, 11) is 4.06. The van der Waals surface area contributed by atoms with Gasteiger partial charge in [-0.15, -0.1) is 0 Å². The predicted octanol–water partition coefficient (Wildman–Crippen LogP) is 0.673. The summed E-state index contributed by atoms with van der Waals surface area (Å²) in [5, 5.41) is 7.14. The number of aromatic nitrogens is 2. The van der Waals surface area contributed by atoms with E-state index in [2.05, 4.69) is 27.3 Å². The molecule has 1 rings (SSSR count). The number of hydrogen-bond acceptors (Lipinski definition) is 5. The smallest absolute Gasteiger partial charge is 0.240 e. The number of hydrogen-bond donors (Lipinski definition) is 1. The summed E-state index contributed by atoms with van der Waals surface area (Å²) >= 11 is 0. The molecule has 86 valence electrons. The van der Waals surface area contributed by atoms with Crippen LogP contribution in [-0.2, 0) is 13.0 Å². The lowest BCUT2D eigenvalue weighted by Gasteiger charge is -2.05. The van der Waals surface area contributed by atoms with E-state index >= 15 is 0 Å². The third kappa shape index (κ3) is 4.90. The molecule has 1 N–H and O–H groups in total. The second-order valence-electron chi connectivity index (χ2n) is 3.83. The Labute approximate surface area is 90.8 Å². The molecule has 0 saturated carbocycles. The zero-order chi connectivity index (χ0) is 11.1. The fourth-order valence-electron chi connectivity index (χ4n) is 1.16. The molecule has 1 heterocycles. The highest BCUT2D eigenvalue weighted by Gasteiger charge is 2.05. The lowest BCUT2D eigenvalue weighted by Crippen LogP contribution is -2.16. The van der Waals surface area contributed by atoms with Crippen LogP contribution < -0.4 is 5.32 Å². The van der Waals surface area contributed by atoms with E-state index in [0.29, 0.717) is 12.4 Å². The lowest BCUT2D eigenvalue weighted by atomic mass is 10.4. The fourth-order valence-corrected chi connectivity index (χ4v) is 1.16. The van der Waals surface area contributed by atoms with Gasteiger partial charge in [-0.05, 0) is 27.1 Å². The van der Waals surface area contributed by atoms with E-state index in [1.165, 1.54) is 0 Å². The molecule has 1 aromatic rings. The highest BCUT2D eigenvalue weighted by atomic mass is 16.5. The molecule has 0 bridgehead atoms. The normalized spacial score (nSPS) is 11.2. The Balaban J connectivity index is 2.29. The van der Waals surface area contributed by atoms with E-state index in [4.69, 9.17) is 4.52 Å². The van der Waals surface area contributed by atoms with Crippen molar-refractivity contribution in [3.63, 3.8) is 0 Å². The monoisotopic (exact) mass is 212 g/mol.